The van der Waals surface area contributed by atoms with Crippen molar-refractivity contribution in [1.29, 1.82) is 0 Å². The average Bonchev–Trinajstić information content (AvgIpc) is 3.41. The van der Waals surface area contributed by atoms with Gasteiger partial charge in [-0.3, -0.25) is 14.5 Å². The quantitative estimate of drug-likeness (QED) is 0.259. The number of hydrogen-bond donors (Lipinski definition) is 1. The Morgan fingerprint density at radius 3 is 2.33 bits per heavy atom. The SMILES string of the molecule is Cc1cccc(C2C(C(=O)c3sc(-c4ccccc4)nc3C)=C(O)C(=O)N2c2ccc(OC(F)(F)F)cc2)c1. The van der Waals surface area contributed by atoms with Crippen molar-refractivity contribution in [3.05, 3.63) is 112 Å². The maximum atomic E-state index is 14.0. The van der Waals surface area contributed by atoms with Crippen molar-refractivity contribution >= 4 is 28.7 Å². The second-order valence-electron chi connectivity index (χ2n) is 8.92. The number of halogens is 3. The highest BCUT2D eigenvalue weighted by Crippen LogP contribution is 2.44. The predicted octanol–water partition coefficient (Wildman–Crippen LogP) is 7.11. The molecule has 1 aliphatic rings. The number of ketones is 1. The molecule has 1 aromatic heterocycles. The molecule has 3 aromatic carbocycles. The van der Waals surface area contributed by atoms with Gasteiger partial charge in [-0.25, -0.2) is 4.98 Å². The number of thiazole rings is 1. The van der Waals surface area contributed by atoms with Gasteiger partial charge in [0.05, 0.1) is 22.2 Å². The van der Waals surface area contributed by atoms with Gasteiger partial charge in [-0.2, -0.15) is 0 Å². The average molecular weight is 551 g/mol. The molecule has 5 rings (SSSR count). The minimum Gasteiger partial charge on any atom is -0.503 e. The number of ether oxygens (including phenoxy) is 1. The first-order chi connectivity index (χ1) is 18.5. The fourth-order valence-corrected chi connectivity index (χ4v) is 5.53. The van der Waals surface area contributed by atoms with E-state index >= 15 is 0 Å². The number of nitrogens with zero attached hydrogens (tertiary/aromatic N) is 2. The minimum atomic E-state index is -4.88. The van der Waals surface area contributed by atoms with Gasteiger partial charge < -0.3 is 9.84 Å². The van der Waals surface area contributed by atoms with Crippen LogP contribution in [0.15, 0.2) is 90.2 Å². The van der Waals surface area contributed by atoms with E-state index in [1.807, 2.05) is 43.3 Å². The van der Waals surface area contributed by atoms with Crippen LogP contribution in [0.1, 0.15) is 32.5 Å². The van der Waals surface area contributed by atoms with Crippen molar-refractivity contribution in [2.24, 2.45) is 0 Å². The number of anilines is 1. The van der Waals surface area contributed by atoms with Gasteiger partial charge in [-0.1, -0.05) is 60.2 Å². The summed E-state index contributed by atoms with van der Waals surface area (Å²) in [6, 6.07) is 20.1. The third-order valence-electron chi connectivity index (χ3n) is 6.18. The van der Waals surface area contributed by atoms with Crippen molar-refractivity contribution in [3.8, 4) is 16.3 Å². The zero-order valence-electron chi connectivity index (χ0n) is 20.7. The topological polar surface area (TPSA) is 79.7 Å². The van der Waals surface area contributed by atoms with E-state index < -0.39 is 35.6 Å². The molecule has 1 atom stereocenters. The molecule has 0 bridgehead atoms. The summed E-state index contributed by atoms with van der Waals surface area (Å²) in [5, 5.41) is 11.6. The Labute approximate surface area is 225 Å². The molecule has 0 saturated carbocycles. The zero-order valence-corrected chi connectivity index (χ0v) is 21.5. The molecule has 0 fully saturated rings. The monoisotopic (exact) mass is 550 g/mol. The summed E-state index contributed by atoms with van der Waals surface area (Å²) in [5.74, 6) is -2.59. The van der Waals surface area contributed by atoms with Gasteiger partial charge in [0.1, 0.15) is 10.8 Å². The van der Waals surface area contributed by atoms with E-state index in [1.165, 1.54) is 17.0 Å². The van der Waals surface area contributed by atoms with Gasteiger partial charge in [0.25, 0.3) is 5.91 Å². The van der Waals surface area contributed by atoms with E-state index in [4.69, 9.17) is 0 Å². The molecule has 2 heterocycles. The maximum Gasteiger partial charge on any atom is 0.573 e. The van der Waals surface area contributed by atoms with Crippen molar-refractivity contribution < 1.29 is 32.6 Å². The second-order valence-corrected chi connectivity index (χ2v) is 9.92. The van der Waals surface area contributed by atoms with Crippen LogP contribution in [-0.4, -0.2) is 28.1 Å². The summed E-state index contributed by atoms with van der Waals surface area (Å²) in [5.41, 5.74) is 2.73. The van der Waals surface area contributed by atoms with Gasteiger partial charge in [0.2, 0.25) is 5.78 Å². The summed E-state index contributed by atoms with van der Waals surface area (Å²) in [7, 11) is 0. The van der Waals surface area contributed by atoms with E-state index in [9.17, 15) is 27.9 Å². The van der Waals surface area contributed by atoms with Crippen LogP contribution in [-0.2, 0) is 4.79 Å². The summed E-state index contributed by atoms with van der Waals surface area (Å²) in [6.45, 7) is 3.53. The molecule has 6 nitrogen and oxygen atoms in total. The number of alkyl halides is 3. The van der Waals surface area contributed by atoms with E-state index in [0.717, 1.165) is 34.6 Å². The number of carbonyl (C=O) groups is 2. The molecule has 198 valence electrons. The highest BCUT2D eigenvalue weighted by Gasteiger charge is 2.45. The van der Waals surface area contributed by atoms with Gasteiger partial charge in [-0.15, -0.1) is 24.5 Å². The van der Waals surface area contributed by atoms with Gasteiger partial charge >= 0.3 is 6.36 Å². The van der Waals surface area contributed by atoms with Crippen LogP contribution in [0.2, 0.25) is 0 Å². The van der Waals surface area contributed by atoms with Crippen molar-refractivity contribution in [3.63, 3.8) is 0 Å². The maximum absolute atomic E-state index is 14.0. The molecule has 1 aliphatic heterocycles. The number of Topliss-reactive ketones (excluding diaryl/α,β-unsaturated/α-hetero) is 1. The lowest BCUT2D eigenvalue weighted by Gasteiger charge is -2.27. The van der Waals surface area contributed by atoms with Gasteiger partial charge in [0.15, 0.2) is 5.76 Å². The lowest BCUT2D eigenvalue weighted by molar-refractivity contribution is -0.274. The first-order valence-corrected chi connectivity index (χ1v) is 12.6. The van der Waals surface area contributed by atoms with Crippen LogP contribution in [0.5, 0.6) is 5.75 Å². The fourth-order valence-electron chi connectivity index (χ4n) is 4.50. The molecule has 4 aromatic rings. The number of rotatable bonds is 6. The molecule has 1 N–H and O–H groups in total. The molecule has 10 heteroatoms. The fraction of sp³-hybridized carbons (Fsp3) is 0.138. The highest BCUT2D eigenvalue weighted by atomic mass is 32.1. The number of aromatic nitrogens is 1. The first-order valence-electron chi connectivity index (χ1n) is 11.8. The Bertz CT molecular complexity index is 1600. The first kappa shape index (κ1) is 26.2. The molecular weight excluding hydrogens is 529 g/mol. The number of carbonyl (C=O) groups excluding carboxylic acids is 2. The van der Waals surface area contributed by atoms with E-state index in [-0.39, 0.29) is 16.1 Å². The van der Waals surface area contributed by atoms with Gasteiger partial charge in [0, 0.05) is 11.3 Å². The normalized spacial score (nSPS) is 15.7. The number of aryl methyl sites for hydroxylation is 2. The smallest absolute Gasteiger partial charge is 0.503 e. The van der Waals surface area contributed by atoms with Gasteiger partial charge in [-0.05, 0) is 43.7 Å². The minimum absolute atomic E-state index is 0.132. The molecule has 1 amide bonds. The largest absolute Gasteiger partial charge is 0.573 e. The van der Waals surface area contributed by atoms with Crippen LogP contribution in [0.3, 0.4) is 0 Å². The number of hydrogen-bond acceptors (Lipinski definition) is 6. The van der Waals surface area contributed by atoms with Crippen LogP contribution >= 0.6 is 11.3 Å². The molecule has 39 heavy (non-hydrogen) atoms. The Kier molecular flexibility index (Phi) is 6.73. The molecule has 0 spiro atoms. The zero-order chi connectivity index (χ0) is 27.9. The van der Waals surface area contributed by atoms with E-state index in [1.54, 1.807) is 25.1 Å². The molecule has 0 radical (unpaired) electrons. The Morgan fingerprint density at radius 1 is 1.00 bits per heavy atom. The summed E-state index contributed by atoms with van der Waals surface area (Å²) >= 11 is 1.16. The van der Waals surface area contributed by atoms with Crippen LogP contribution in [0.4, 0.5) is 18.9 Å². The van der Waals surface area contributed by atoms with E-state index in [2.05, 4.69) is 9.72 Å². The molecule has 0 saturated heterocycles. The van der Waals surface area contributed by atoms with Crippen LogP contribution < -0.4 is 9.64 Å². The number of amides is 1. The summed E-state index contributed by atoms with van der Waals surface area (Å²) in [4.78, 5) is 33.3. The van der Waals surface area contributed by atoms with Crippen molar-refractivity contribution in [2.45, 2.75) is 26.3 Å². The van der Waals surface area contributed by atoms with Crippen LogP contribution in [0.25, 0.3) is 10.6 Å². The highest BCUT2D eigenvalue weighted by molar-refractivity contribution is 7.17. The van der Waals surface area contributed by atoms with Crippen molar-refractivity contribution in [2.75, 3.05) is 4.90 Å². The Balaban J connectivity index is 1.58. The number of benzene rings is 3. The molecule has 1 unspecified atom stereocenters. The lowest BCUT2D eigenvalue weighted by Crippen LogP contribution is -2.31. The molecular formula is C29H21F3N2O4S. The second kappa shape index (κ2) is 10.0. The van der Waals surface area contributed by atoms with Crippen molar-refractivity contribution in [1.82, 2.24) is 4.98 Å². The third-order valence-corrected chi connectivity index (χ3v) is 7.39. The predicted molar refractivity (Wildman–Crippen MR) is 141 cm³/mol. The number of aliphatic hydroxyl groups is 1. The third kappa shape index (κ3) is 5.15. The van der Waals surface area contributed by atoms with Crippen LogP contribution in [0, 0.1) is 13.8 Å². The standard InChI is InChI=1S/C29H21F3N2O4S/c1-16-7-6-10-19(15-16)23-22(24(35)26-17(2)33-27(39-26)18-8-4-3-5-9-18)25(36)28(37)34(23)20-11-13-21(14-12-20)38-29(30,31)32/h3-15,23,36H,1-2H3. The van der Waals surface area contributed by atoms with E-state index in [0.29, 0.717) is 16.3 Å². The summed E-state index contributed by atoms with van der Waals surface area (Å²) < 4.78 is 41.9. The lowest BCUT2D eigenvalue weighted by atomic mass is 9.94. The Hall–Kier alpha value is -4.44. The summed E-state index contributed by atoms with van der Waals surface area (Å²) in [6.07, 6.45) is -4.88. The number of aliphatic hydroxyl groups excluding tert-OH is 1. The molecule has 0 aliphatic carbocycles. The Morgan fingerprint density at radius 2 is 1.69 bits per heavy atom.